The molecular formula is C22H20ClN3O. The lowest BCUT2D eigenvalue weighted by molar-refractivity contribution is -0.117. The normalized spacial score (nSPS) is 14.7. The first-order chi connectivity index (χ1) is 13.0. The van der Waals surface area contributed by atoms with Gasteiger partial charge in [-0.25, -0.2) is 9.97 Å². The van der Waals surface area contributed by atoms with E-state index in [9.17, 15) is 4.79 Å². The maximum absolute atomic E-state index is 11.0. The molecule has 4 nitrogen and oxygen atoms in total. The minimum atomic E-state index is -0.320. The Hall–Kier alpha value is -2.72. The van der Waals surface area contributed by atoms with Crippen molar-refractivity contribution >= 4 is 17.5 Å². The second-order valence-corrected chi connectivity index (χ2v) is 7.54. The Morgan fingerprint density at radius 2 is 1.81 bits per heavy atom. The zero-order chi connectivity index (χ0) is 18.9. The number of carbonyl (C=O) groups excluding carboxylic acids is 1. The van der Waals surface area contributed by atoms with Crippen molar-refractivity contribution in [3.8, 4) is 0 Å². The van der Waals surface area contributed by atoms with Crippen molar-refractivity contribution in [1.82, 2.24) is 9.97 Å². The summed E-state index contributed by atoms with van der Waals surface area (Å²) in [6.07, 6.45) is 4.90. The van der Waals surface area contributed by atoms with Crippen molar-refractivity contribution in [2.45, 2.75) is 31.1 Å². The van der Waals surface area contributed by atoms with Gasteiger partial charge in [0, 0.05) is 23.3 Å². The fraction of sp³-hybridized carbons (Fsp3) is 0.227. The fourth-order valence-corrected chi connectivity index (χ4v) is 3.65. The van der Waals surface area contributed by atoms with E-state index in [1.54, 1.807) is 0 Å². The van der Waals surface area contributed by atoms with Crippen molar-refractivity contribution < 1.29 is 4.79 Å². The van der Waals surface area contributed by atoms with Crippen LogP contribution >= 0.6 is 11.6 Å². The Morgan fingerprint density at radius 1 is 1.07 bits per heavy atom. The van der Waals surface area contributed by atoms with Gasteiger partial charge >= 0.3 is 0 Å². The third kappa shape index (κ3) is 3.86. The molecule has 1 aromatic heterocycles. The molecule has 2 aromatic carbocycles. The molecule has 0 atom stereocenters. The van der Waals surface area contributed by atoms with Crippen LogP contribution in [-0.4, -0.2) is 15.9 Å². The predicted octanol–water partition coefficient (Wildman–Crippen LogP) is 3.83. The zero-order valence-electron chi connectivity index (χ0n) is 14.9. The van der Waals surface area contributed by atoms with E-state index in [4.69, 9.17) is 22.3 Å². The standard InChI is InChI=1S/C22H20ClN3O/c23-18-3-1-2-17(14-18)22(9-10-22)21-25-11-8-19(26-21)12-15-4-6-16(7-5-15)13-20(24)27/h1-8,11,14H,9-10,12-13H2,(H2,24,27). The van der Waals surface area contributed by atoms with Gasteiger partial charge in [-0.15, -0.1) is 0 Å². The average Bonchev–Trinajstić information content (AvgIpc) is 3.45. The van der Waals surface area contributed by atoms with Gasteiger partial charge in [0.25, 0.3) is 0 Å². The van der Waals surface area contributed by atoms with Crippen molar-refractivity contribution in [3.05, 3.63) is 94.0 Å². The van der Waals surface area contributed by atoms with E-state index >= 15 is 0 Å². The Morgan fingerprint density at radius 3 is 2.48 bits per heavy atom. The molecule has 1 aliphatic rings. The van der Waals surface area contributed by atoms with E-state index in [-0.39, 0.29) is 17.7 Å². The van der Waals surface area contributed by atoms with Crippen LogP contribution < -0.4 is 5.73 Å². The van der Waals surface area contributed by atoms with E-state index in [1.807, 2.05) is 54.7 Å². The van der Waals surface area contributed by atoms with Gasteiger partial charge in [-0.2, -0.15) is 0 Å². The summed E-state index contributed by atoms with van der Waals surface area (Å²) >= 11 is 6.18. The number of hydrogen-bond acceptors (Lipinski definition) is 3. The van der Waals surface area contributed by atoms with Crippen molar-refractivity contribution in [1.29, 1.82) is 0 Å². The average molecular weight is 378 g/mol. The molecule has 1 fully saturated rings. The number of primary amides is 1. The number of carbonyl (C=O) groups is 1. The van der Waals surface area contributed by atoms with Gasteiger partial charge in [-0.1, -0.05) is 48.0 Å². The molecule has 0 spiro atoms. The molecule has 3 aromatic rings. The summed E-state index contributed by atoms with van der Waals surface area (Å²) in [7, 11) is 0. The highest BCUT2D eigenvalue weighted by molar-refractivity contribution is 6.30. The fourth-order valence-electron chi connectivity index (χ4n) is 3.46. The molecule has 0 saturated heterocycles. The molecule has 0 bridgehead atoms. The number of benzene rings is 2. The summed E-state index contributed by atoms with van der Waals surface area (Å²) in [5.41, 5.74) is 9.37. The highest BCUT2D eigenvalue weighted by atomic mass is 35.5. The molecule has 0 unspecified atom stereocenters. The van der Waals surface area contributed by atoms with E-state index in [0.29, 0.717) is 0 Å². The molecule has 1 amide bonds. The van der Waals surface area contributed by atoms with Crippen molar-refractivity contribution in [2.75, 3.05) is 0 Å². The molecular weight excluding hydrogens is 358 g/mol. The smallest absolute Gasteiger partial charge is 0.221 e. The maximum atomic E-state index is 11.0. The van der Waals surface area contributed by atoms with Crippen LogP contribution in [0.25, 0.3) is 0 Å². The first kappa shape index (κ1) is 17.7. The Labute approximate surface area is 163 Å². The van der Waals surface area contributed by atoms with Gasteiger partial charge in [0.2, 0.25) is 5.91 Å². The van der Waals surface area contributed by atoms with Crippen LogP contribution in [0.15, 0.2) is 60.8 Å². The minimum absolute atomic E-state index is 0.105. The maximum Gasteiger partial charge on any atom is 0.221 e. The van der Waals surface area contributed by atoms with E-state index in [1.165, 1.54) is 5.56 Å². The van der Waals surface area contributed by atoms with Gasteiger partial charge in [0.1, 0.15) is 5.82 Å². The van der Waals surface area contributed by atoms with Gasteiger partial charge in [0.15, 0.2) is 0 Å². The van der Waals surface area contributed by atoms with Crippen LogP contribution in [-0.2, 0) is 23.1 Å². The number of halogens is 1. The van der Waals surface area contributed by atoms with Crippen LogP contribution in [0.1, 0.15) is 41.1 Å². The number of amides is 1. The van der Waals surface area contributed by atoms with E-state index < -0.39 is 0 Å². The first-order valence-electron chi connectivity index (χ1n) is 9.00. The zero-order valence-corrected chi connectivity index (χ0v) is 15.6. The number of aromatic nitrogens is 2. The Kier molecular flexibility index (Phi) is 4.66. The highest BCUT2D eigenvalue weighted by Gasteiger charge is 2.48. The summed E-state index contributed by atoms with van der Waals surface area (Å²) < 4.78 is 0. The van der Waals surface area contributed by atoms with Crippen molar-refractivity contribution in [3.63, 3.8) is 0 Å². The van der Waals surface area contributed by atoms with Crippen LogP contribution in [0.3, 0.4) is 0 Å². The van der Waals surface area contributed by atoms with Gasteiger partial charge in [-0.05, 0) is 47.7 Å². The third-order valence-electron chi connectivity index (χ3n) is 5.06. The monoisotopic (exact) mass is 377 g/mol. The lowest BCUT2D eigenvalue weighted by Crippen LogP contribution is -2.14. The van der Waals surface area contributed by atoms with Gasteiger partial charge in [0.05, 0.1) is 11.8 Å². The number of nitrogens with two attached hydrogens (primary N) is 1. The SMILES string of the molecule is NC(=O)Cc1ccc(Cc2ccnc(C3(c4cccc(Cl)c4)CC3)n2)cc1. The third-order valence-corrected chi connectivity index (χ3v) is 5.29. The number of rotatable bonds is 6. The topological polar surface area (TPSA) is 68.9 Å². The molecule has 1 heterocycles. The Balaban J connectivity index is 1.55. The van der Waals surface area contributed by atoms with Crippen LogP contribution in [0, 0.1) is 0 Å². The molecule has 0 radical (unpaired) electrons. The largest absolute Gasteiger partial charge is 0.369 e. The second kappa shape index (κ2) is 7.12. The number of hydrogen-bond donors (Lipinski definition) is 1. The molecule has 0 aliphatic heterocycles. The molecule has 27 heavy (non-hydrogen) atoms. The molecule has 4 rings (SSSR count). The summed E-state index contributed by atoms with van der Waals surface area (Å²) in [6.45, 7) is 0. The lowest BCUT2D eigenvalue weighted by Gasteiger charge is -2.15. The minimum Gasteiger partial charge on any atom is -0.369 e. The molecule has 1 aliphatic carbocycles. The predicted molar refractivity (Wildman–Crippen MR) is 106 cm³/mol. The van der Waals surface area contributed by atoms with E-state index in [0.717, 1.165) is 46.9 Å². The first-order valence-corrected chi connectivity index (χ1v) is 9.37. The van der Waals surface area contributed by atoms with Crippen molar-refractivity contribution in [2.24, 2.45) is 5.73 Å². The van der Waals surface area contributed by atoms with Gasteiger partial charge in [-0.3, -0.25) is 4.79 Å². The highest BCUT2D eigenvalue weighted by Crippen LogP contribution is 2.52. The second-order valence-electron chi connectivity index (χ2n) is 7.10. The Bertz CT molecular complexity index is 981. The molecule has 2 N–H and O–H groups in total. The molecule has 1 saturated carbocycles. The summed E-state index contributed by atoms with van der Waals surface area (Å²) in [5.74, 6) is 0.548. The summed E-state index contributed by atoms with van der Waals surface area (Å²) in [4.78, 5) is 20.4. The number of nitrogens with zero attached hydrogens (tertiary/aromatic N) is 2. The summed E-state index contributed by atoms with van der Waals surface area (Å²) in [6, 6.07) is 17.9. The quantitative estimate of drug-likeness (QED) is 0.709. The molecule has 5 heteroatoms. The van der Waals surface area contributed by atoms with Crippen LogP contribution in [0.2, 0.25) is 5.02 Å². The van der Waals surface area contributed by atoms with Crippen LogP contribution in [0.4, 0.5) is 0 Å². The van der Waals surface area contributed by atoms with Crippen LogP contribution in [0.5, 0.6) is 0 Å². The van der Waals surface area contributed by atoms with Gasteiger partial charge < -0.3 is 5.73 Å². The molecule has 136 valence electrons. The summed E-state index contributed by atoms with van der Waals surface area (Å²) in [5, 5.41) is 0.742. The lowest BCUT2D eigenvalue weighted by atomic mass is 9.95. The van der Waals surface area contributed by atoms with E-state index in [2.05, 4.69) is 11.1 Å².